The van der Waals surface area contributed by atoms with Crippen molar-refractivity contribution in [1.29, 1.82) is 0 Å². The first-order valence-electron chi connectivity index (χ1n) is 9.36. The van der Waals surface area contributed by atoms with Crippen molar-refractivity contribution in [2.24, 2.45) is 0 Å². The summed E-state index contributed by atoms with van der Waals surface area (Å²) in [5, 5.41) is 4.30. The number of hydrogen-bond acceptors (Lipinski definition) is 3. The summed E-state index contributed by atoms with van der Waals surface area (Å²) in [4.78, 5) is 21.0. The van der Waals surface area contributed by atoms with Crippen LogP contribution in [0.5, 0.6) is 0 Å². The van der Waals surface area contributed by atoms with Gasteiger partial charge in [-0.15, -0.1) is 0 Å². The first-order chi connectivity index (χ1) is 13.2. The molecule has 0 bridgehead atoms. The molecular formula is C21H22ClN3OS. The van der Waals surface area contributed by atoms with Gasteiger partial charge in [-0.2, -0.15) is 0 Å². The van der Waals surface area contributed by atoms with Crippen molar-refractivity contribution in [2.45, 2.75) is 48.6 Å². The van der Waals surface area contributed by atoms with Crippen molar-refractivity contribution >= 4 is 40.3 Å². The van der Waals surface area contributed by atoms with Crippen LogP contribution in [0.25, 0.3) is 11.0 Å². The van der Waals surface area contributed by atoms with E-state index in [0.29, 0.717) is 5.02 Å². The van der Waals surface area contributed by atoms with Crippen molar-refractivity contribution < 1.29 is 4.79 Å². The number of H-pyrrole nitrogens is 1. The lowest BCUT2D eigenvalue weighted by Gasteiger charge is -2.25. The zero-order chi connectivity index (χ0) is 18.6. The van der Waals surface area contributed by atoms with Gasteiger partial charge in [0.2, 0.25) is 5.91 Å². The molecule has 4 rings (SSSR count). The number of aromatic amines is 1. The van der Waals surface area contributed by atoms with E-state index in [2.05, 4.69) is 15.3 Å². The van der Waals surface area contributed by atoms with E-state index < -0.39 is 0 Å². The normalized spacial score (nSPS) is 16.3. The predicted octanol–water partition coefficient (Wildman–Crippen LogP) is 5.50. The van der Waals surface area contributed by atoms with Crippen LogP contribution in [0, 0.1) is 0 Å². The third kappa shape index (κ3) is 4.47. The lowest BCUT2D eigenvalue weighted by Crippen LogP contribution is -2.38. The van der Waals surface area contributed by atoms with Crippen molar-refractivity contribution in [3.05, 3.63) is 59.1 Å². The maximum atomic E-state index is 13.1. The Morgan fingerprint density at radius 1 is 1.15 bits per heavy atom. The number of hydrogen-bond donors (Lipinski definition) is 2. The van der Waals surface area contributed by atoms with Crippen molar-refractivity contribution in [3.8, 4) is 0 Å². The van der Waals surface area contributed by atoms with Crippen LogP contribution in [-0.2, 0) is 4.79 Å². The number of halogens is 1. The first-order valence-corrected chi connectivity index (χ1v) is 10.6. The fourth-order valence-corrected chi connectivity index (χ4v) is 4.73. The van der Waals surface area contributed by atoms with Crippen molar-refractivity contribution in [2.75, 3.05) is 0 Å². The molecule has 6 heteroatoms. The Labute approximate surface area is 168 Å². The Morgan fingerprint density at radius 3 is 2.70 bits per heavy atom. The topological polar surface area (TPSA) is 57.8 Å². The van der Waals surface area contributed by atoms with Crippen LogP contribution in [0.3, 0.4) is 0 Å². The number of amides is 1. The molecule has 1 amide bonds. The van der Waals surface area contributed by atoms with Crippen LogP contribution in [0.15, 0.2) is 53.7 Å². The monoisotopic (exact) mass is 399 g/mol. The Morgan fingerprint density at radius 2 is 1.93 bits per heavy atom. The van der Waals surface area contributed by atoms with E-state index in [1.54, 1.807) is 0 Å². The molecule has 1 fully saturated rings. The minimum Gasteiger partial charge on any atom is -0.352 e. The summed E-state index contributed by atoms with van der Waals surface area (Å²) in [6.45, 7) is 0. The van der Waals surface area contributed by atoms with Gasteiger partial charge in [0.15, 0.2) is 5.16 Å². The average Bonchev–Trinajstić information content (AvgIpc) is 3.09. The van der Waals surface area contributed by atoms with Crippen molar-refractivity contribution in [1.82, 2.24) is 15.3 Å². The number of imidazole rings is 1. The van der Waals surface area contributed by atoms with Gasteiger partial charge in [-0.25, -0.2) is 4.98 Å². The molecular weight excluding hydrogens is 378 g/mol. The minimum absolute atomic E-state index is 0.0524. The zero-order valence-corrected chi connectivity index (χ0v) is 16.5. The quantitative estimate of drug-likeness (QED) is 0.557. The molecule has 0 saturated heterocycles. The number of carbonyl (C=O) groups is 1. The second kappa shape index (κ2) is 8.36. The fourth-order valence-electron chi connectivity index (χ4n) is 3.55. The second-order valence-electron chi connectivity index (χ2n) is 6.96. The summed E-state index contributed by atoms with van der Waals surface area (Å²) in [7, 11) is 0. The van der Waals surface area contributed by atoms with Crippen molar-refractivity contribution in [3.63, 3.8) is 0 Å². The Bertz CT molecular complexity index is 922. The van der Waals surface area contributed by atoms with Gasteiger partial charge in [0.25, 0.3) is 0 Å². The third-order valence-electron chi connectivity index (χ3n) is 4.94. The molecule has 1 unspecified atom stereocenters. The highest BCUT2D eigenvalue weighted by molar-refractivity contribution is 8.00. The van der Waals surface area contributed by atoms with Crippen LogP contribution in [-0.4, -0.2) is 21.9 Å². The molecule has 4 nitrogen and oxygen atoms in total. The van der Waals surface area contributed by atoms with E-state index in [1.165, 1.54) is 31.0 Å². The molecule has 1 saturated carbocycles. The second-order valence-corrected chi connectivity index (χ2v) is 8.49. The molecule has 1 aliphatic carbocycles. The minimum atomic E-state index is -0.343. The Kier molecular flexibility index (Phi) is 5.69. The maximum Gasteiger partial charge on any atom is 0.238 e. The van der Waals surface area contributed by atoms with Crippen LogP contribution in [0.4, 0.5) is 0 Å². The van der Waals surface area contributed by atoms with E-state index >= 15 is 0 Å². The number of rotatable bonds is 5. The molecule has 1 aliphatic rings. The average molecular weight is 400 g/mol. The van der Waals surface area contributed by atoms with Crippen LogP contribution < -0.4 is 5.32 Å². The number of fused-ring (bicyclic) bond motifs is 1. The van der Waals surface area contributed by atoms with Gasteiger partial charge >= 0.3 is 0 Å². The fraction of sp³-hybridized carbons (Fsp3) is 0.333. The number of thioether (sulfide) groups is 1. The summed E-state index contributed by atoms with van der Waals surface area (Å²) >= 11 is 7.52. The molecule has 3 aromatic rings. The van der Waals surface area contributed by atoms with Crippen LogP contribution in [0.1, 0.15) is 42.9 Å². The van der Waals surface area contributed by atoms with E-state index in [-0.39, 0.29) is 17.2 Å². The highest BCUT2D eigenvalue weighted by Gasteiger charge is 2.26. The molecule has 0 aliphatic heterocycles. The lowest BCUT2D eigenvalue weighted by molar-refractivity contribution is -0.121. The van der Waals surface area contributed by atoms with Gasteiger partial charge in [0, 0.05) is 11.1 Å². The summed E-state index contributed by atoms with van der Waals surface area (Å²) in [5.41, 5.74) is 2.71. The summed E-state index contributed by atoms with van der Waals surface area (Å²) in [5.74, 6) is 0.0524. The Hall–Kier alpha value is -1.98. The van der Waals surface area contributed by atoms with Crippen LogP contribution in [0.2, 0.25) is 5.02 Å². The first kappa shape index (κ1) is 18.4. The molecule has 1 atom stereocenters. The third-order valence-corrected chi connectivity index (χ3v) is 6.32. The van der Waals surface area contributed by atoms with Gasteiger partial charge in [-0.1, -0.05) is 73.0 Å². The standard InChI is InChI=1S/C21H22ClN3OS/c22-15-11-12-17-18(13-15)25-21(24-17)27-19(14-7-3-1-4-8-14)20(26)23-16-9-5-2-6-10-16/h1,3-4,7-8,11-13,16,19H,2,5-6,9-10H2,(H,23,26)(H,24,25). The molecule has 140 valence electrons. The van der Waals surface area contributed by atoms with Crippen LogP contribution >= 0.6 is 23.4 Å². The van der Waals surface area contributed by atoms with E-state index in [4.69, 9.17) is 11.6 Å². The lowest BCUT2D eigenvalue weighted by atomic mass is 9.95. The highest BCUT2D eigenvalue weighted by Crippen LogP contribution is 2.35. The summed E-state index contributed by atoms with van der Waals surface area (Å²) < 4.78 is 0. The van der Waals surface area contributed by atoms with E-state index in [1.807, 2.05) is 48.5 Å². The summed E-state index contributed by atoms with van der Waals surface area (Å²) in [6, 6.07) is 15.7. The SMILES string of the molecule is O=C(NC1CCCCC1)C(Sc1nc2ccc(Cl)cc2[nH]1)c1ccccc1. The number of nitrogens with zero attached hydrogens (tertiary/aromatic N) is 1. The molecule has 27 heavy (non-hydrogen) atoms. The summed E-state index contributed by atoms with van der Waals surface area (Å²) in [6.07, 6.45) is 5.80. The molecule has 1 aromatic heterocycles. The Balaban J connectivity index is 1.57. The number of carbonyl (C=O) groups excluding carboxylic acids is 1. The largest absolute Gasteiger partial charge is 0.352 e. The van der Waals surface area contributed by atoms with Gasteiger partial charge < -0.3 is 10.3 Å². The molecule has 2 aromatic carbocycles. The highest BCUT2D eigenvalue weighted by atomic mass is 35.5. The van der Waals surface area contributed by atoms with Gasteiger partial charge in [0.05, 0.1) is 11.0 Å². The number of benzene rings is 2. The van der Waals surface area contributed by atoms with E-state index in [9.17, 15) is 4.79 Å². The van der Waals surface area contributed by atoms with Gasteiger partial charge in [0.1, 0.15) is 5.25 Å². The van der Waals surface area contributed by atoms with E-state index in [0.717, 1.165) is 34.6 Å². The number of aromatic nitrogens is 2. The molecule has 0 spiro atoms. The smallest absolute Gasteiger partial charge is 0.238 e. The molecule has 2 N–H and O–H groups in total. The van der Waals surface area contributed by atoms with Gasteiger partial charge in [-0.3, -0.25) is 4.79 Å². The molecule has 1 heterocycles. The zero-order valence-electron chi connectivity index (χ0n) is 15.0. The molecule has 0 radical (unpaired) electrons. The maximum absolute atomic E-state index is 13.1. The van der Waals surface area contributed by atoms with Gasteiger partial charge in [-0.05, 0) is 36.6 Å². The number of nitrogens with one attached hydrogen (secondary N) is 2. The predicted molar refractivity (Wildman–Crippen MR) is 111 cm³/mol.